The lowest BCUT2D eigenvalue weighted by Crippen LogP contribution is -2.32. The van der Waals surface area contributed by atoms with E-state index < -0.39 is 0 Å². The summed E-state index contributed by atoms with van der Waals surface area (Å²) in [6.07, 6.45) is 5.58. The Balaban J connectivity index is 1.41. The van der Waals surface area contributed by atoms with Crippen LogP contribution in [0.2, 0.25) is 0 Å². The Hall–Kier alpha value is -2.82. The molecule has 1 aromatic heterocycles. The molecule has 0 saturated heterocycles. The van der Waals surface area contributed by atoms with Crippen molar-refractivity contribution in [3.63, 3.8) is 0 Å². The molecule has 164 valence electrons. The summed E-state index contributed by atoms with van der Waals surface area (Å²) in [7, 11) is 0. The lowest BCUT2D eigenvalue weighted by molar-refractivity contribution is -0.126. The van der Waals surface area contributed by atoms with Crippen LogP contribution in [0.4, 0.5) is 0 Å². The number of rotatable bonds is 8. The van der Waals surface area contributed by atoms with E-state index in [1.54, 1.807) is 0 Å². The molecule has 5 heteroatoms. The Bertz CT molecular complexity index is 1000. The summed E-state index contributed by atoms with van der Waals surface area (Å²) in [4.78, 5) is 17.4. The highest BCUT2D eigenvalue weighted by atomic mass is 16.5. The number of nitrogens with zero attached hydrogens (tertiary/aromatic N) is 2. The molecule has 31 heavy (non-hydrogen) atoms. The number of benzene rings is 2. The predicted molar refractivity (Wildman–Crippen MR) is 124 cm³/mol. The number of fused-ring (bicyclic) bond motifs is 1. The van der Waals surface area contributed by atoms with Gasteiger partial charge in [-0.15, -0.1) is 0 Å². The third-order valence-corrected chi connectivity index (χ3v) is 6.26. The largest absolute Gasteiger partial charge is 0.492 e. The number of nitrogens with one attached hydrogen (secondary N) is 1. The van der Waals surface area contributed by atoms with Crippen molar-refractivity contribution >= 4 is 16.9 Å². The smallest absolute Gasteiger partial charge is 0.223 e. The minimum absolute atomic E-state index is 0.156. The zero-order valence-corrected chi connectivity index (χ0v) is 18.6. The van der Waals surface area contributed by atoms with Gasteiger partial charge in [0.05, 0.1) is 24.1 Å². The molecule has 1 fully saturated rings. The molecule has 0 spiro atoms. The molecule has 1 amide bonds. The minimum Gasteiger partial charge on any atom is -0.492 e. The third kappa shape index (κ3) is 5.27. The van der Waals surface area contributed by atoms with E-state index in [9.17, 15) is 4.79 Å². The van der Waals surface area contributed by atoms with Gasteiger partial charge in [-0.05, 0) is 48.6 Å². The minimum atomic E-state index is 0.156. The summed E-state index contributed by atoms with van der Waals surface area (Å²) in [5.74, 6) is 2.59. The van der Waals surface area contributed by atoms with E-state index in [-0.39, 0.29) is 11.8 Å². The van der Waals surface area contributed by atoms with Crippen LogP contribution in [0.15, 0.2) is 48.5 Å². The van der Waals surface area contributed by atoms with E-state index in [0.29, 0.717) is 25.6 Å². The van der Waals surface area contributed by atoms with Crippen molar-refractivity contribution in [1.29, 1.82) is 0 Å². The molecule has 1 N–H and O–H groups in total. The quantitative estimate of drug-likeness (QED) is 0.529. The van der Waals surface area contributed by atoms with Gasteiger partial charge in [0.15, 0.2) is 0 Å². The van der Waals surface area contributed by atoms with Gasteiger partial charge in [-0.25, -0.2) is 4.98 Å². The van der Waals surface area contributed by atoms with Crippen LogP contribution in [-0.2, 0) is 17.9 Å². The van der Waals surface area contributed by atoms with E-state index >= 15 is 0 Å². The standard InChI is InChI=1S/C26H33N3O2/c1-19(2)20-12-14-22(15-13-20)31-17-16-29-24-11-7-6-10-23(24)28-25(29)18-27-26(30)21-8-4-3-5-9-21/h6-7,10-15,19,21H,3-5,8-9,16-18H2,1-2H3,(H,27,30). The monoisotopic (exact) mass is 419 g/mol. The Morgan fingerprint density at radius 2 is 1.84 bits per heavy atom. The Kier molecular flexibility index (Phi) is 6.90. The highest BCUT2D eigenvalue weighted by Crippen LogP contribution is 2.24. The molecule has 0 atom stereocenters. The van der Waals surface area contributed by atoms with Gasteiger partial charge in [0.1, 0.15) is 18.2 Å². The van der Waals surface area contributed by atoms with E-state index in [4.69, 9.17) is 9.72 Å². The first-order chi connectivity index (χ1) is 15.1. The fourth-order valence-electron chi connectivity index (χ4n) is 4.39. The molecule has 0 bridgehead atoms. The van der Waals surface area contributed by atoms with Crippen LogP contribution in [0.25, 0.3) is 11.0 Å². The van der Waals surface area contributed by atoms with E-state index in [1.165, 1.54) is 12.0 Å². The Morgan fingerprint density at radius 3 is 2.58 bits per heavy atom. The summed E-state index contributed by atoms with van der Waals surface area (Å²) >= 11 is 0. The van der Waals surface area contributed by atoms with Gasteiger partial charge >= 0.3 is 0 Å². The average Bonchev–Trinajstić information content (AvgIpc) is 3.16. The molecular formula is C26H33N3O2. The van der Waals surface area contributed by atoms with Crippen molar-refractivity contribution in [2.45, 2.75) is 65.0 Å². The lowest BCUT2D eigenvalue weighted by atomic mass is 9.89. The van der Waals surface area contributed by atoms with Crippen molar-refractivity contribution in [3.05, 3.63) is 59.9 Å². The van der Waals surface area contributed by atoms with Gasteiger partial charge in [0.2, 0.25) is 5.91 Å². The first-order valence-corrected chi connectivity index (χ1v) is 11.6. The van der Waals surface area contributed by atoms with E-state index in [1.807, 2.05) is 30.3 Å². The van der Waals surface area contributed by atoms with Gasteiger partial charge in [-0.2, -0.15) is 0 Å². The van der Waals surface area contributed by atoms with Gasteiger partial charge in [-0.3, -0.25) is 4.79 Å². The summed E-state index contributed by atoms with van der Waals surface area (Å²) < 4.78 is 8.17. The summed E-state index contributed by atoms with van der Waals surface area (Å²) in [6, 6.07) is 16.4. The molecule has 0 unspecified atom stereocenters. The SMILES string of the molecule is CC(C)c1ccc(OCCn2c(CNC(=O)C3CCCCC3)nc3ccccc32)cc1. The maximum Gasteiger partial charge on any atom is 0.223 e. The van der Waals surface area contributed by atoms with Crippen LogP contribution in [0, 0.1) is 5.92 Å². The number of aromatic nitrogens is 2. The molecule has 1 aliphatic rings. The first kappa shape index (κ1) is 21.4. The summed E-state index contributed by atoms with van der Waals surface area (Å²) in [5.41, 5.74) is 3.33. The predicted octanol–water partition coefficient (Wildman–Crippen LogP) is 5.44. The van der Waals surface area contributed by atoms with Crippen LogP contribution in [0.5, 0.6) is 5.75 Å². The van der Waals surface area contributed by atoms with Crippen molar-refractivity contribution in [1.82, 2.24) is 14.9 Å². The van der Waals surface area contributed by atoms with E-state index in [2.05, 4.69) is 41.9 Å². The maximum absolute atomic E-state index is 12.6. The Labute approximate surface area is 184 Å². The molecule has 1 saturated carbocycles. The van der Waals surface area contributed by atoms with Crippen LogP contribution < -0.4 is 10.1 Å². The molecule has 1 heterocycles. The van der Waals surface area contributed by atoms with Crippen LogP contribution in [-0.4, -0.2) is 22.1 Å². The second-order valence-electron chi connectivity index (χ2n) is 8.79. The number of amides is 1. The maximum atomic E-state index is 12.6. The first-order valence-electron chi connectivity index (χ1n) is 11.6. The molecule has 4 rings (SSSR count). The number of ether oxygens (including phenoxy) is 1. The molecule has 1 aliphatic carbocycles. The topological polar surface area (TPSA) is 56.1 Å². The lowest BCUT2D eigenvalue weighted by Gasteiger charge is -2.20. The Morgan fingerprint density at radius 1 is 1.10 bits per heavy atom. The van der Waals surface area contributed by atoms with Crippen LogP contribution in [0.3, 0.4) is 0 Å². The number of hydrogen-bond acceptors (Lipinski definition) is 3. The molecular weight excluding hydrogens is 386 g/mol. The van der Waals surface area contributed by atoms with Gasteiger partial charge in [0, 0.05) is 5.92 Å². The van der Waals surface area contributed by atoms with Crippen molar-refractivity contribution in [3.8, 4) is 5.75 Å². The van der Waals surface area contributed by atoms with E-state index in [0.717, 1.165) is 48.3 Å². The molecule has 0 aliphatic heterocycles. The normalized spacial score (nSPS) is 14.8. The fraction of sp³-hybridized carbons (Fsp3) is 0.462. The second-order valence-corrected chi connectivity index (χ2v) is 8.79. The van der Waals surface area contributed by atoms with Crippen molar-refractivity contribution in [2.75, 3.05) is 6.61 Å². The highest BCUT2D eigenvalue weighted by molar-refractivity contribution is 5.79. The van der Waals surface area contributed by atoms with Crippen LogP contribution in [0.1, 0.15) is 63.3 Å². The fourth-order valence-corrected chi connectivity index (χ4v) is 4.39. The number of imidazole rings is 1. The van der Waals surface area contributed by atoms with Crippen molar-refractivity contribution < 1.29 is 9.53 Å². The molecule has 2 aromatic carbocycles. The van der Waals surface area contributed by atoms with Crippen molar-refractivity contribution in [2.24, 2.45) is 5.92 Å². The van der Waals surface area contributed by atoms with Gasteiger partial charge in [-0.1, -0.05) is 57.4 Å². The third-order valence-electron chi connectivity index (χ3n) is 6.26. The summed E-state index contributed by atoms with van der Waals surface area (Å²) in [5, 5.41) is 3.13. The number of hydrogen-bond donors (Lipinski definition) is 1. The zero-order chi connectivity index (χ0) is 21.6. The van der Waals surface area contributed by atoms with Crippen LogP contribution >= 0.6 is 0 Å². The highest BCUT2D eigenvalue weighted by Gasteiger charge is 2.21. The number of carbonyl (C=O) groups excluding carboxylic acids is 1. The number of para-hydroxylation sites is 2. The van der Waals surface area contributed by atoms with Gasteiger partial charge < -0.3 is 14.6 Å². The molecule has 5 nitrogen and oxygen atoms in total. The summed E-state index contributed by atoms with van der Waals surface area (Å²) in [6.45, 7) is 6.06. The average molecular weight is 420 g/mol. The second kappa shape index (κ2) is 9.99. The molecule has 0 radical (unpaired) electrons. The van der Waals surface area contributed by atoms with Gasteiger partial charge in [0.25, 0.3) is 0 Å². The zero-order valence-electron chi connectivity index (χ0n) is 18.6. The number of carbonyl (C=O) groups is 1. The molecule has 3 aromatic rings.